The van der Waals surface area contributed by atoms with Crippen LogP contribution in [0.5, 0.6) is 5.75 Å². The number of aromatic hydroxyl groups is 1. The van der Waals surface area contributed by atoms with Gasteiger partial charge in [0.25, 0.3) is 0 Å². The van der Waals surface area contributed by atoms with Gasteiger partial charge in [0, 0.05) is 15.5 Å². The maximum atomic E-state index is 9.66. The molecule has 0 bridgehead atoms. The Morgan fingerprint density at radius 3 is 2.92 bits per heavy atom. The van der Waals surface area contributed by atoms with Gasteiger partial charge >= 0.3 is 0 Å². The van der Waals surface area contributed by atoms with E-state index in [1.165, 1.54) is 5.39 Å². The third-order valence-electron chi connectivity index (χ3n) is 2.05. The van der Waals surface area contributed by atoms with Crippen LogP contribution < -0.4 is 0 Å². The van der Waals surface area contributed by atoms with Crippen LogP contribution >= 0.6 is 24.0 Å². The number of thiol groups is 1. The highest BCUT2D eigenvalue weighted by molar-refractivity contribution is 7.80. The molecule has 1 atom stereocenters. The molecule has 0 fully saturated rings. The van der Waals surface area contributed by atoms with Gasteiger partial charge in [-0.25, -0.2) is 0 Å². The van der Waals surface area contributed by atoms with Crippen molar-refractivity contribution in [3.63, 3.8) is 0 Å². The number of hydrogen-bond acceptors (Lipinski definition) is 3. The highest BCUT2D eigenvalue weighted by Gasteiger charge is 2.08. The summed E-state index contributed by atoms with van der Waals surface area (Å²) in [6.45, 7) is 1.95. The first kappa shape index (κ1) is 8.91. The summed E-state index contributed by atoms with van der Waals surface area (Å²) < 4.78 is 1.12. The Morgan fingerprint density at radius 2 is 2.23 bits per heavy atom. The molecule has 0 amide bonds. The molecule has 0 saturated carbocycles. The fourth-order valence-corrected chi connectivity index (χ4v) is 2.36. The Labute approximate surface area is 86.4 Å². The molecule has 1 heterocycles. The summed E-state index contributed by atoms with van der Waals surface area (Å²) in [5, 5.41) is 12.9. The van der Waals surface area contributed by atoms with Gasteiger partial charge in [0.05, 0.1) is 0 Å². The maximum Gasteiger partial charge on any atom is 0.121 e. The monoisotopic (exact) mass is 210 g/mol. The van der Waals surface area contributed by atoms with E-state index < -0.39 is 0 Å². The van der Waals surface area contributed by atoms with Crippen molar-refractivity contribution < 1.29 is 5.11 Å². The second-order valence-corrected chi connectivity index (χ2v) is 4.77. The molecule has 2 rings (SSSR count). The van der Waals surface area contributed by atoms with Crippen LogP contribution in [0.15, 0.2) is 23.6 Å². The van der Waals surface area contributed by atoms with Crippen LogP contribution in [0.3, 0.4) is 0 Å². The van der Waals surface area contributed by atoms with Crippen LogP contribution in [0.1, 0.15) is 17.7 Å². The molecule has 1 aromatic heterocycles. The highest BCUT2D eigenvalue weighted by Crippen LogP contribution is 2.34. The van der Waals surface area contributed by atoms with Gasteiger partial charge in [-0.2, -0.15) is 12.6 Å². The molecule has 1 nitrogen and oxygen atoms in total. The zero-order chi connectivity index (χ0) is 9.42. The van der Waals surface area contributed by atoms with Gasteiger partial charge in [-0.3, -0.25) is 0 Å². The molecule has 1 unspecified atom stereocenters. The van der Waals surface area contributed by atoms with Crippen molar-refractivity contribution in [2.24, 2.45) is 0 Å². The van der Waals surface area contributed by atoms with E-state index in [0.717, 1.165) is 10.3 Å². The van der Waals surface area contributed by atoms with Crippen LogP contribution in [0.4, 0.5) is 0 Å². The van der Waals surface area contributed by atoms with Crippen molar-refractivity contribution in [2.75, 3.05) is 0 Å². The minimum absolute atomic E-state index is 0.0734. The van der Waals surface area contributed by atoms with Gasteiger partial charge < -0.3 is 5.11 Å². The quantitative estimate of drug-likeness (QED) is 0.689. The van der Waals surface area contributed by atoms with Gasteiger partial charge in [0.15, 0.2) is 0 Å². The average molecular weight is 210 g/mol. The van der Waals surface area contributed by atoms with Gasteiger partial charge in [-0.05, 0) is 35.9 Å². The second kappa shape index (κ2) is 3.24. The maximum absolute atomic E-state index is 9.66. The zero-order valence-corrected chi connectivity index (χ0v) is 8.90. The van der Waals surface area contributed by atoms with E-state index in [9.17, 15) is 5.11 Å². The zero-order valence-electron chi connectivity index (χ0n) is 7.19. The van der Waals surface area contributed by atoms with Crippen molar-refractivity contribution in [1.82, 2.24) is 0 Å². The number of phenolic OH excluding ortho intramolecular Hbond substituents is 1. The van der Waals surface area contributed by atoms with Crippen molar-refractivity contribution in [2.45, 2.75) is 12.2 Å². The molecule has 2 aromatic rings. The summed E-state index contributed by atoms with van der Waals surface area (Å²) in [7, 11) is 0. The van der Waals surface area contributed by atoms with Crippen LogP contribution in [0.25, 0.3) is 10.1 Å². The largest absolute Gasteiger partial charge is 0.508 e. The lowest BCUT2D eigenvalue weighted by molar-refractivity contribution is 0.469. The van der Waals surface area contributed by atoms with Crippen molar-refractivity contribution in [1.29, 1.82) is 0 Å². The van der Waals surface area contributed by atoms with E-state index in [4.69, 9.17) is 0 Å². The minimum atomic E-state index is 0.0734. The second-order valence-electron chi connectivity index (χ2n) is 3.05. The fourth-order valence-electron chi connectivity index (χ4n) is 1.35. The van der Waals surface area contributed by atoms with Crippen molar-refractivity contribution >= 4 is 34.1 Å². The van der Waals surface area contributed by atoms with Gasteiger partial charge in [-0.15, -0.1) is 11.3 Å². The number of thiophene rings is 1. The summed E-state index contributed by atoms with van der Waals surface area (Å²) in [6, 6.07) is 5.86. The third kappa shape index (κ3) is 1.54. The number of phenols is 1. The molecule has 0 aliphatic heterocycles. The lowest BCUT2D eigenvalue weighted by Gasteiger charge is -2.07. The minimum Gasteiger partial charge on any atom is -0.508 e. The summed E-state index contributed by atoms with van der Waals surface area (Å²) in [5.41, 5.74) is 0.897. The van der Waals surface area contributed by atoms with Crippen LogP contribution in [0, 0.1) is 0 Å². The fraction of sp³-hybridized carbons (Fsp3) is 0.200. The average Bonchev–Trinajstić information content (AvgIpc) is 2.48. The Morgan fingerprint density at radius 1 is 1.46 bits per heavy atom. The standard InChI is InChI=1S/C10H10OS2/c1-6(12)8-4-7-2-3-13-10(7)5-9(8)11/h2-6,11-12H,1H3. The Kier molecular flexibility index (Phi) is 2.22. The Hall–Kier alpha value is -0.670. The highest BCUT2D eigenvalue weighted by atomic mass is 32.1. The van der Waals surface area contributed by atoms with Gasteiger partial charge in [0.1, 0.15) is 5.75 Å². The molecular weight excluding hydrogens is 200 g/mol. The van der Waals surface area contributed by atoms with Crippen molar-refractivity contribution in [3.05, 3.63) is 29.1 Å². The first-order valence-electron chi connectivity index (χ1n) is 4.06. The summed E-state index contributed by atoms with van der Waals surface area (Å²) in [5.74, 6) is 0.345. The molecule has 0 aliphatic rings. The molecule has 0 radical (unpaired) electrons. The Balaban J connectivity index is 2.69. The molecule has 0 aliphatic carbocycles. The third-order valence-corrected chi connectivity index (χ3v) is 3.21. The normalized spacial score (nSPS) is 13.4. The van der Waals surface area contributed by atoms with Crippen LogP contribution in [0.2, 0.25) is 0 Å². The smallest absolute Gasteiger partial charge is 0.121 e. The molecule has 1 N–H and O–H groups in total. The predicted molar refractivity (Wildman–Crippen MR) is 60.9 cm³/mol. The van der Waals surface area contributed by atoms with E-state index in [0.29, 0.717) is 5.75 Å². The van der Waals surface area contributed by atoms with E-state index in [1.807, 2.05) is 24.4 Å². The molecule has 1 aromatic carbocycles. The van der Waals surface area contributed by atoms with Gasteiger partial charge in [-0.1, -0.05) is 0 Å². The van der Waals surface area contributed by atoms with E-state index >= 15 is 0 Å². The van der Waals surface area contributed by atoms with Gasteiger partial charge in [0.2, 0.25) is 0 Å². The molecule has 0 saturated heterocycles. The summed E-state index contributed by atoms with van der Waals surface area (Å²) in [4.78, 5) is 0. The summed E-state index contributed by atoms with van der Waals surface area (Å²) in [6.07, 6.45) is 0. The lowest BCUT2D eigenvalue weighted by Crippen LogP contribution is -1.84. The SMILES string of the molecule is CC(S)c1cc2ccsc2cc1O. The molecule has 0 spiro atoms. The van der Waals surface area contributed by atoms with E-state index in [-0.39, 0.29) is 5.25 Å². The summed E-state index contributed by atoms with van der Waals surface area (Å²) >= 11 is 5.94. The number of hydrogen-bond donors (Lipinski definition) is 2. The number of rotatable bonds is 1. The molecular formula is C10H10OS2. The van der Waals surface area contributed by atoms with E-state index in [2.05, 4.69) is 18.7 Å². The first-order valence-corrected chi connectivity index (χ1v) is 5.46. The topological polar surface area (TPSA) is 20.2 Å². The molecule has 13 heavy (non-hydrogen) atoms. The Bertz CT molecular complexity index is 431. The lowest BCUT2D eigenvalue weighted by atomic mass is 10.1. The van der Waals surface area contributed by atoms with Crippen LogP contribution in [-0.2, 0) is 0 Å². The number of fused-ring (bicyclic) bond motifs is 1. The van der Waals surface area contributed by atoms with E-state index in [1.54, 1.807) is 11.3 Å². The molecule has 68 valence electrons. The molecule has 3 heteroatoms. The number of benzene rings is 1. The van der Waals surface area contributed by atoms with Crippen LogP contribution in [-0.4, -0.2) is 5.11 Å². The first-order chi connectivity index (χ1) is 6.18. The predicted octanol–water partition coefficient (Wildman–Crippen LogP) is 3.60. The van der Waals surface area contributed by atoms with Crippen molar-refractivity contribution in [3.8, 4) is 5.75 Å².